The number of nitrogens with zero attached hydrogens (tertiary/aromatic N) is 2. The summed E-state index contributed by atoms with van der Waals surface area (Å²) in [5.74, 6) is 2.08. The molecular formula is C18H34N4O. The molecule has 1 rings (SSSR count). The number of aliphatic imine (C=N–C) groups is 1. The molecule has 0 aromatic carbocycles. The van der Waals surface area contributed by atoms with Gasteiger partial charge >= 0.3 is 0 Å². The lowest BCUT2D eigenvalue weighted by atomic mass is 9.89. The summed E-state index contributed by atoms with van der Waals surface area (Å²) >= 11 is 0. The van der Waals surface area contributed by atoms with E-state index in [1.165, 1.54) is 12.0 Å². The zero-order valence-corrected chi connectivity index (χ0v) is 16.1. The second-order valence-corrected chi connectivity index (χ2v) is 7.74. The van der Waals surface area contributed by atoms with Crippen LogP contribution in [0.2, 0.25) is 0 Å². The van der Waals surface area contributed by atoms with E-state index >= 15 is 0 Å². The molecule has 0 bridgehead atoms. The fourth-order valence-corrected chi connectivity index (χ4v) is 2.70. The van der Waals surface area contributed by atoms with Crippen LogP contribution in [0, 0.1) is 19.3 Å². The second kappa shape index (κ2) is 8.37. The molecule has 0 fully saturated rings. The second-order valence-electron chi connectivity index (χ2n) is 7.74. The van der Waals surface area contributed by atoms with Crippen molar-refractivity contribution in [2.75, 3.05) is 13.6 Å². The highest BCUT2D eigenvalue weighted by Crippen LogP contribution is 2.22. The molecule has 0 aliphatic heterocycles. The average Bonchev–Trinajstić information content (AvgIpc) is 2.79. The van der Waals surface area contributed by atoms with Crippen molar-refractivity contribution in [1.29, 1.82) is 0 Å². The largest absolute Gasteiger partial charge is 0.361 e. The third-order valence-corrected chi connectivity index (χ3v) is 4.09. The number of aromatic nitrogens is 1. The number of hydrogen-bond acceptors (Lipinski definition) is 3. The number of hydrogen-bond donors (Lipinski definition) is 2. The Balaban J connectivity index is 2.48. The minimum Gasteiger partial charge on any atom is -0.361 e. The minimum absolute atomic E-state index is 0.324. The van der Waals surface area contributed by atoms with Gasteiger partial charge in [-0.2, -0.15) is 0 Å². The molecule has 1 aromatic heterocycles. The Labute approximate surface area is 141 Å². The van der Waals surface area contributed by atoms with Gasteiger partial charge in [0.05, 0.1) is 5.69 Å². The third kappa shape index (κ3) is 6.63. The fraction of sp³-hybridized carbons (Fsp3) is 0.778. The quantitative estimate of drug-likeness (QED) is 0.618. The van der Waals surface area contributed by atoms with E-state index in [0.717, 1.165) is 30.4 Å². The molecule has 0 saturated carbocycles. The van der Waals surface area contributed by atoms with Crippen molar-refractivity contribution in [3.63, 3.8) is 0 Å². The molecule has 132 valence electrons. The predicted molar refractivity (Wildman–Crippen MR) is 97.0 cm³/mol. The Morgan fingerprint density at radius 1 is 1.26 bits per heavy atom. The lowest BCUT2D eigenvalue weighted by molar-refractivity contribution is 0.346. The van der Waals surface area contributed by atoms with Crippen molar-refractivity contribution in [2.24, 2.45) is 10.4 Å². The summed E-state index contributed by atoms with van der Waals surface area (Å²) in [5.41, 5.74) is 2.53. The van der Waals surface area contributed by atoms with Gasteiger partial charge in [-0.25, -0.2) is 0 Å². The van der Waals surface area contributed by atoms with E-state index in [1.807, 2.05) is 20.9 Å². The molecule has 23 heavy (non-hydrogen) atoms. The normalized spacial score (nSPS) is 15.4. The van der Waals surface area contributed by atoms with Gasteiger partial charge in [0.25, 0.3) is 0 Å². The van der Waals surface area contributed by atoms with Crippen LogP contribution >= 0.6 is 0 Å². The summed E-state index contributed by atoms with van der Waals surface area (Å²) in [6, 6.07) is 0.398. The van der Waals surface area contributed by atoms with Crippen LogP contribution in [0.5, 0.6) is 0 Å². The van der Waals surface area contributed by atoms with E-state index in [9.17, 15) is 0 Å². The van der Waals surface area contributed by atoms with Gasteiger partial charge < -0.3 is 15.2 Å². The van der Waals surface area contributed by atoms with Gasteiger partial charge in [0, 0.05) is 31.1 Å². The van der Waals surface area contributed by atoms with Gasteiger partial charge in [0.15, 0.2) is 5.96 Å². The number of nitrogens with one attached hydrogen (secondary N) is 2. The maximum atomic E-state index is 5.25. The Kier molecular flexibility index (Phi) is 7.10. The summed E-state index contributed by atoms with van der Waals surface area (Å²) in [6.07, 6.45) is 2.32. The summed E-state index contributed by atoms with van der Waals surface area (Å²) in [5, 5.41) is 10.9. The monoisotopic (exact) mass is 322 g/mol. The Morgan fingerprint density at radius 3 is 2.39 bits per heavy atom. The molecule has 0 aliphatic carbocycles. The fourth-order valence-electron chi connectivity index (χ4n) is 2.70. The van der Waals surface area contributed by atoms with Crippen LogP contribution < -0.4 is 10.6 Å². The van der Waals surface area contributed by atoms with Crippen LogP contribution in [-0.2, 0) is 0 Å². The predicted octanol–water partition coefficient (Wildman–Crippen LogP) is 3.77. The van der Waals surface area contributed by atoms with Crippen LogP contribution in [-0.4, -0.2) is 30.8 Å². The molecule has 0 aliphatic rings. The first kappa shape index (κ1) is 19.5. The SMILES string of the molecule is CN=C(NCC(C)c1c(C)noc1C)NC(C)CCC(C)(C)C. The first-order valence-electron chi connectivity index (χ1n) is 8.54. The zero-order chi connectivity index (χ0) is 17.6. The average molecular weight is 322 g/mol. The van der Waals surface area contributed by atoms with Crippen molar-refractivity contribution >= 4 is 5.96 Å². The van der Waals surface area contributed by atoms with E-state index in [-0.39, 0.29) is 0 Å². The maximum absolute atomic E-state index is 5.25. The molecule has 0 radical (unpaired) electrons. The third-order valence-electron chi connectivity index (χ3n) is 4.09. The van der Waals surface area contributed by atoms with Gasteiger partial charge in [-0.05, 0) is 39.0 Å². The molecule has 0 amide bonds. The highest BCUT2D eigenvalue weighted by atomic mass is 16.5. The lowest BCUT2D eigenvalue weighted by Gasteiger charge is -2.23. The van der Waals surface area contributed by atoms with Crippen LogP contribution in [0.1, 0.15) is 70.4 Å². The van der Waals surface area contributed by atoms with Gasteiger partial charge in [-0.3, -0.25) is 4.99 Å². The standard InChI is InChI=1S/C18H34N4O/c1-12(16-14(3)22-23-15(16)4)11-20-17(19-8)21-13(2)9-10-18(5,6)7/h12-13H,9-11H2,1-8H3,(H2,19,20,21). The number of rotatable bonds is 6. The zero-order valence-electron chi connectivity index (χ0n) is 16.1. The minimum atomic E-state index is 0.324. The molecule has 5 nitrogen and oxygen atoms in total. The highest BCUT2D eigenvalue weighted by Gasteiger charge is 2.17. The van der Waals surface area contributed by atoms with Gasteiger partial charge in [0.1, 0.15) is 5.76 Å². The van der Waals surface area contributed by atoms with Gasteiger partial charge in [-0.1, -0.05) is 32.9 Å². The highest BCUT2D eigenvalue weighted by molar-refractivity contribution is 5.79. The van der Waals surface area contributed by atoms with Gasteiger partial charge in [0.2, 0.25) is 0 Å². The van der Waals surface area contributed by atoms with Crippen LogP contribution in [0.4, 0.5) is 0 Å². The Hall–Kier alpha value is -1.52. The molecule has 1 aromatic rings. The summed E-state index contributed by atoms with van der Waals surface area (Å²) < 4.78 is 5.25. The van der Waals surface area contributed by atoms with Crippen molar-refractivity contribution in [1.82, 2.24) is 15.8 Å². The molecule has 0 saturated heterocycles. The molecule has 2 N–H and O–H groups in total. The molecule has 2 atom stereocenters. The maximum Gasteiger partial charge on any atom is 0.191 e. The van der Waals surface area contributed by atoms with Crippen LogP contribution in [0.15, 0.2) is 9.52 Å². The van der Waals surface area contributed by atoms with Crippen molar-refractivity contribution in [3.05, 3.63) is 17.0 Å². The molecule has 2 unspecified atom stereocenters. The van der Waals surface area contributed by atoms with E-state index in [2.05, 4.69) is 55.4 Å². The lowest BCUT2D eigenvalue weighted by Crippen LogP contribution is -2.43. The first-order valence-corrected chi connectivity index (χ1v) is 8.54. The summed E-state index contributed by atoms with van der Waals surface area (Å²) in [7, 11) is 1.81. The van der Waals surface area contributed by atoms with E-state index in [0.29, 0.717) is 17.4 Å². The van der Waals surface area contributed by atoms with Crippen molar-refractivity contribution < 1.29 is 4.52 Å². The van der Waals surface area contributed by atoms with Crippen molar-refractivity contribution in [3.8, 4) is 0 Å². The van der Waals surface area contributed by atoms with Crippen LogP contribution in [0.3, 0.4) is 0 Å². The molecule has 0 spiro atoms. The Morgan fingerprint density at radius 2 is 1.91 bits per heavy atom. The van der Waals surface area contributed by atoms with Crippen LogP contribution in [0.25, 0.3) is 0 Å². The first-order chi connectivity index (χ1) is 10.6. The summed E-state index contributed by atoms with van der Waals surface area (Å²) in [6.45, 7) is 16.0. The molecule has 1 heterocycles. The van der Waals surface area contributed by atoms with E-state index in [1.54, 1.807) is 0 Å². The van der Waals surface area contributed by atoms with Crippen molar-refractivity contribution in [2.45, 2.75) is 73.3 Å². The smallest absolute Gasteiger partial charge is 0.191 e. The van der Waals surface area contributed by atoms with Gasteiger partial charge in [-0.15, -0.1) is 0 Å². The summed E-state index contributed by atoms with van der Waals surface area (Å²) in [4.78, 5) is 4.33. The van der Waals surface area contributed by atoms with E-state index in [4.69, 9.17) is 4.52 Å². The molecular weight excluding hydrogens is 288 g/mol. The Bertz CT molecular complexity index is 494. The number of aryl methyl sites for hydroxylation is 2. The van der Waals surface area contributed by atoms with E-state index < -0.39 is 0 Å². The topological polar surface area (TPSA) is 62.5 Å². The number of guanidine groups is 1. The molecule has 5 heteroatoms.